The Labute approximate surface area is 136 Å². The summed E-state index contributed by atoms with van der Waals surface area (Å²) >= 11 is 11.8. The van der Waals surface area contributed by atoms with Crippen LogP contribution in [0.25, 0.3) is 32.8 Å². The molecule has 0 N–H and O–H groups in total. The first kappa shape index (κ1) is 13.6. The predicted molar refractivity (Wildman–Crippen MR) is 89.3 cm³/mol. The summed E-state index contributed by atoms with van der Waals surface area (Å²) < 4.78 is 0. The summed E-state index contributed by atoms with van der Waals surface area (Å²) in [5.41, 5.74) is 4.81. The highest BCUT2D eigenvalue weighted by atomic mass is 35.5. The van der Waals surface area contributed by atoms with E-state index in [0.717, 1.165) is 44.2 Å². The second-order valence-corrected chi connectivity index (χ2v) is 5.45. The molecular formula is C16H10Cl2N4. The topological polar surface area (TPSA) is 51.6 Å². The van der Waals surface area contributed by atoms with Crippen molar-refractivity contribution in [3.8, 4) is 0 Å². The summed E-state index contributed by atoms with van der Waals surface area (Å²) in [5, 5.41) is 1.84. The van der Waals surface area contributed by atoms with E-state index in [4.69, 9.17) is 23.2 Å². The zero-order valence-electron chi connectivity index (χ0n) is 11.4. The highest BCUT2D eigenvalue weighted by Gasteiger charge is 2.13. The molecule has 0 unspecified atom stereocenters. The van der Waals surface area contributed by atoms with Crippen molar-refractivity contribution in [2.75, 3.05) is 0 Å². The summed E-state index contributed by atoms with van der Waals surface area (Å²) in [7, 11) is 0. The van der Waals surface area contributed by atoms with Crippen LogP contribution >= 0.6 is 23.2 Å². The molecule has 0 spiro atoms. The van der Waals surface area contributed by atoms with Crippen molar-refractivity contribution >= 4 is 56.0 Å². The van der Waals surface area contributed by atoms with Gasteiger partial charge in [0.2, 0.25) is 0 Å². The van der Waals surface area contributed by atoms with Crippen LogP contribution < -0.4 is 0 Å². The van der Waals surface area contributed by atoms with Gasteiger partial charge >= 0.3 is 0 Å². The van der Waals surface area contributed by atoms with E-state index in [1.807, 2.05) is 24.3 Å². The van der Waals surface area contributed by atoms with Crippen molar-refractivity contribution in [3.63, 3.8) is 0 Å². The Morgan fingerprint density at radius 3 is 1.50 bits per heavy atom. The Hall–Kier alpha value is -2.04. The lowest BCUT2D eigenvalue weighted by Crippen LogP contribution is -1.96. The van der Waals surface area contributed by atoms with E-state index in [1.54, 1.807) is 12.4 Å². The number of benzene rings is 1. The maximum absolute atomic E-state index is 5.92. The zero-order valence-corrected chi connectivity index (χ0v) is 12.9. The normalized spacial score (nSPS) is 11.5. The second kappa shape index (κ2) is 5.30. The highest BCUT2D eigenvalue weighted by Crippen LogP contribution is 2.31. The Balaban J connectivity index is 2.29. The van der Waals surface area contributed by atoms with Gasteiger partial charge in [-0.2, -0.15) is 0 Å². The minimum atomic E-state index is 0.352. The van der Waals surface area contributed by atoms with Gasteiger partial charge in [-0.15, -0.1) is 23.2 Å². The van der Waals surface area contributed by atoms with Crippen LogP contribution in [0, 0.1) is 0 Å². The smallest absolute Gasteiger partial charge is 0.0991 e. The van der Waals surface area contributed by atoms with Gasteiger partial charge in [0.1, 0.15) is 0 Å². The van der Waals surface area contributed by atoms with Crippen LogP contribution in [0.3, 0.4) is 0 Å². The molecule has 0 aliphatic rings. The number of aromatic nitrogens is 4. The SMILES string of the molecule is ClCc1ccc2c3nccnc3c3ccc(CCl)nc3c2n1. The molecule has 4 nitrogen and oxygen atoms in total. The number of alkyl halides is 2. The Morgan fingerprint density at radius 2 is 1.09 bits per heavy atom. The first-order valence-electron chi connectivity index (χ1n) is 6.75. The minimum Gasteiger partial charge on any atom is -0.252 e. The lowest BCUT2D eigenvalue weighted by atomic mass is 10.1. The summed E-state index contributed by atoms with van der Waals surface area (Å²) in [6, 6.07) is 7.76. The van der Waals surface area contributed by atoms with Gasteiger partial charge in [-0.25, -0.2) is 9.97 Å². The third-order valence-electron chi connectivity index (χ3n) is 3.61. The molecule has 0 aliphatic heterocycles. The fourth-order valence-electron chi connectivity index (χ4n) is 2.62. The molecule has 0 radical (unpaired) electrons. The lowest BCUT2D eigenvalue weighted by Gasteiger charge is -2.09. The van der Waals surface area contributed by atoms with E-state index in [1.165, 1.54) is 0 Å². The van der Waals surface area contributed by atoms with Gasteiger partial charge in [-0.1, -0.05) is 0 Å². The number of rotatable bonds is 2. The Morgan fingerprint density at radius 1 is 0.636 bits per heavy atom. The average molecular weight is 329 g/mol. The van der Waals surface area contributed by atoms with Crippen LogP contribution in [0.15, 0.2) is 36.7 Å². The summed E-state index contributed by atoms with van der Waals surface area (Å²) in [6.45, 7) is 0. The molecule has 0 amide bonds. The number of halogens is 2. The van der Waals surface area contributed by atoms with Crippen LogP contribution in [-0.4, -0.2) is 19.9 Å². The molecule has 108 valence electrons. The van der Waals surface area contributed by atoms with Gasteiger partial charge in [0, 0.05) is 23.2 Å². The molecule has 0 bridgehead atoms. The Kier molecular flexibility index (Phi) is 3.28. The third-order valence-corrected chi connectivity index (χ3v) is 4.16. The molecule has 4 aromatic rings. The quantitative estimate of drug-likeness (QED) is 0.408. The van der Waals surface area contributed by atoms with E-state index in [-0.39, 0.29) is 0 Å². The second-order valence-electron chi connectivity index (χ2n) is 4.92. The molecular weight excluding hydrogens is 319 g/mol. The van der Waals surface area contributed by atoms with Crippen molar-refractivity contribution in [1.29, 1.82) is 0 Å². The molecule has 0 fully saturated rings. The van der Waals surface area contributed by atoms with Crippen LogP contribution in [-0.2, 0) is 11.8 Å². The standard InChI is InChI=1S/C16H10Cl2N4/c17-7-9-1-3-11-13-14(20-6-5-19-13)12-4-2-10(8-18)22-16(12)15(11)21-9/h1-6H,7-8H2. The van der Waals surface area contributed by atoms with Gasteiger partial charge < -0.3 is 0 Å². The summed E-state index contributed by atoms with van der Waals surface area (Å²) in [5.74, 6) is 0.705. The van der Waals surface area contributed by atoms with Gasteiger partial charge in [0.05, 0.1) is 45.2 Å². The van der Waals surface area contributed by atoms with Crippen molar-refractivity contribution in [3.05, 3.63) is 48.0 Å². The monoisotopic (exact) mass is 328 g/mol. The Bertz CT molecular complexity index is 935. The number of hydrogen-bond acceptors (Lipinski definition) is 4. The molecule has 0 saturated carbocycles. The van der Waals surface area contributed by atoms with Crippen LogP contribution in [0.4, 0.5) is 0 Å². The van der Waals surface area contributed by atoms with E-state index in [0.29, 0.717) is 11.8 Å². The maximum Gasteiger partial charge on any atom is 0.0991 e. The van der Waals surface area contributed by atoms with E-state index in [9.17, 15) is 0 Å². The largest absolute Gasteiger partial charge is 0.252 e. The molecule has 3 heterocycles. The molecule has 0 saturated heterocycles. The van der Waals surface area contributed by atoms with Crippen molar-refractivity contribution < 1.29 is 0 Å². The fourth-order valence-corrected chi connectivity index (χ4v) is 2.92. The first-order valence-corrected chi connectivity index (χ1v) is 7.82. The lowest BCUT2D eigenvalue weighted by molar-refractivity contribution is 1.19. The summed E-state index contributed by atoms with van der Waals surface area (Å²) in [6.07, 6.45) is 3.37. The first-order chi connectivity index (χ1) is 10.8. The molecule has 6 heteroatoms. The van der Waals surface area contributed by atoms with E-state index in [2.05, 4.69) is 19.9 Å². The number of fused-ring (bicyclic) bond motifs is 6. The summed E-state index contributed by atoms with van der Waals surface area (Å²) in [4.78, 5) is 18.2. The number of pyridine rings is 2. The van der Waals surface area contributed by atoms with Crippen molar-refractivity contribution in [1.82, 2.24) is 19.9 Å². The van der Waals surface area contributed by atoms with E-state index >= 15 is 0 Å². The predicted octanol–water partition coefficient (Wildman–Crippen LogP) is 4.20. The maximum atomic E-state index is 5.92. The van der Waals surface area contributed by atoms with Crippen LogP contribution in [0.1, 0.15) is 11.4 Å². The van der Waals surface area contributed by atoms with Gasteiger partial charge in [-0.05, 0) is 24.3 Å². The van der Waals surface area contributed by atoms with Gasteiger partial charge in [0.15, 0.2) is 0 Å². The number of hydrogen-bond donors (Lipinski definition) is 0. The van der Waals surface area contributed by atoms with E-state index < -0.39 is 0 Å². The molecule has 22 heavy (non-hydrogen) atoms. The van der Waals surface area contributed by atoms with Crippen molar-refractivity contribution in [2.45, 2.75) is 11.8 Å². The molecule has 3 aromatic heterocycles. The molecule has 0 aliphatic carbocycles. The van der Waals surface area contributed by atoms with Crippen LogP contribution in [0.2, 0.25) is 0 Å². The molecule has 1 aromatic carbocycles. The van der Waals surface area contributed by atoms with Crippen molar-refractivity contribution in [2.24, 2.45) is 0 Å². The minimum absolute atomic E-state index is 0.352. The average Bonchev–Trinajstić information content (AvgIpc) is 2.61. The highest BCUT2D eigenvalue weighted by molar-refractivity contribution is 6.21. The van der Waals surface area contributed by atoms with Crippen LogP contribution in [0.5, 0.6) is 0 Å². The van der Waals surface area contributed by atoms with Gasteiger partial charge in [0.25, 0.3) is 0 Å². The number of nitrogens with zero attached hydrogens (tertiary/aromatic N) is 4. The third kappa shape index (κ3) is 1.99. The zero-order chi connectivity index (χ0) is 15.1. The molecule has 0 atom stereocenters. The fraction of sp³-hybridized carbons (Fsp3) is 0.125. The van der Waals surface area contributed by atoms with Gasteiger partial charge in [-0.3, -0.25) is 9.97 Å². The molecule has 4 rings (SSSR count).